The van der Waals surface area contributed by atoms with Crippen molar-refractivity contribution in [2.24, 2.45) is 5.73 Å². The molecule has 1 aromatic carbocycles. The van der Waals surface area contributed by atoms with E-state index in [4.69, 9.17) is 17.3 Å². The Kier molecular flexibility index (Phi) is 4.58. The first-order chi connectivity index (χ1) is 9.06. The second-order valence-corrected chi connectivity index (χ2v) is 6.05. The third kappa shape index (κ3) is 3.80. The van der Waals surface area contributed by atoms with E-state index >= 15 is 0 Å². The molecular formula is C14H15ClN2OS. The van der Waals surface area contributed by atoms with Gasteiger partial charge in [-0.3, -0.25) is 4.79 Å². The fourth-order valence-corrected chi connectivity index (χ4v) is 2.81. The summed E-state index contributed by atoms with van der Waals surface area (Å²) in [6.07, 6.45) is 0. The van der Waals surface area contributed by atoms with E-state index in [9.17, 15) is 4.79 Å². The molecule has 1 aromatic heterocycles. The summed E-state index contributed by atoms with van der Waals surface area (Å²) in [6, 6.07) is 11.5. The number of hydrogen-bond acceptors (Lipinski definition) is 3. The first kappa shape index (κ1) is 14.1. The maximum Gasteiger partial charge on any atom is 0.248 e. The second-order valence-electron chi connectivity index (χ2n) is 4.31. The minimum absolute atomic E-state index is 0.244. The third-order valence-corrected chi connectivity index (χ3v) is 4.29. The number of hydrogen-bond donors (Lipinski definition) is 2. The van der Waals surface area contributed by atoms with Crippen LogP contribution in [0.25, 0.3) is 0 Å². The van der Waals surface area contributed by atoms with Crippen LogP contribution < -0.4 is 11.1 Å². The van der Waals surface area contributed by atoms with Gasteiger partial charge >= 0.3 is 0 Å². The Bertz CT molecular complexity index is 565. The van der Waals surface area contributed by atoms with Crippen LogP contribution in [0.2, 0.25) is 4.34 Å². The molecule has 19 heavy (non-hydrogen) atoms. The zero-order valence-corrected chi connectivity index (χ0v) is 12.1. The van der Waals surface area contributed by atoms with E-state index in [1.807, 2.05) is 24.3 Å². The van der Waals surface area contributed by atoms with Gasteiger partial charge in [0.15, 0.2) is 0 Å². The summed E-state index contributed by atoms with van der Waals surface area (Å²) >= 11 is 7.49. The average molecular weight is 295 g/mol. The highest BCUT2D eigenvalue weighted by atomic mass is 35.5. The molecule has 1 unspecified atom stereocenters. The molecule has 5 heteroatoms. The molecule has 0 aliphatic heterocycles. The zero-order chi connectivity index (χ0) is 13.8. The fraction of sp³-hybridized carbons (Fsp3) is 0.214. The SMILES string of the molecule is CC(NCc1ccc(C(N)=O)cc1)c1ccc(Cl)s1. The van der Waals surface area contributed by atoms with Crippen LogP contribution >= 0.6 is 22.9 Å². The van der Waals surface area contributed by atoms with E-state index in [2.05, 4.69) is 12.2 Å². The van der Waals surface area contributed by atoms with Crippen molar-refractivity contribution in [1.29, 1.82) is 0 Å². The van der Waals surface area contributed by atoms with E-state index in [0.717, 1.165) is 16.4 Å². The predicted octanol–water partition coefficient (Wildman–Crippen LogP) is 3.35. The number of nitrogens with two attached hydrogens (primary N) is 1. The first-order valence-electron chi connectivity index (χ1n) is 5.93. The van der Waals surface area contributed by atoms with Gasteiger partial charge in [-0.25, -0.2) is 0 Å². The van der Waals surface area contributed by atoms with E-state index < -0.39 is 5.91 Å². The molecule has 0 radical (unpaired) electrons. The lowest BCUT2D eigenvalue weighted by atomic mass is 10.1. The van der Waals surface area contributed by atoms with Crippen molar-refractivity contribution in [1.82, 2.24) is 5.32 Å². The number of primary amides is 1. The monoisotopic (exact) mass is 294 g/mol. The summed E-state index contributed by atoms with van der Waals surface area (Å²) in [4.78, 5) is 12.2. The lowest BCUT2D eigenvalue weighted by Crippen LogP contribution is -2.17. The minimum atomic E-state index is -0.402. The van der Waals surface area contributed by atoms with E-state index in [1.54, 1.807) is 23.5 Å². The van der Waals surface area contributed by atoms with Crippen molar-refractivity contribution in [3.63, 3.8) is 0 Å². The Morgan fingerprint density at radius 2 is 2.00 bits per heavy atom. The number of carbonyl (C=O) groups is 1. The molecule has 0 aliphatic rings. The average Bonchev–Trinajstić information content (AvgIpc) is 2.83. The molecule has 2 aromatic rings. The summed E-state index contributed by atoms with van der Waals surface area (Å²) < 4.78 is 0.800. The van der Waals surface area contributed by atoms with Gasteiger partial charge in [0.05, 0.1) is 4.34 Å². The third-order valence-electron chi connectivity index (χ3n) is 2.87. The van der Waals surface area contributed by atoms with Gasteiger partial charge in [-0.2, -0.15) is 0 Å². The number of carbonyl (C=O) groups excluding carboxylic acids is 1. The molecule has 3 N–H and O–H groups in total. The largest absolute Gasteiger partial charge is 0.366 e. The Hall–Kier alpha value is -1.36. The Balaban J connectivity index is 1.93. The highest BCUT2D eigenvalue weighted by Gasteiger charge is 2.07. The van der Waals surface area contributed by atoms with Crippen LogP contribution in [-0.4, -0.2) is 5.91 Å². The molecule has 0 saturated heterocycles. The smallest absolute Gasteiger partial charge is 0.248 e. The summed E-state index contributed by atoms with van der Waals surface area (Å²) in [5.41, 5.74) is 6.84. The molecule has 0 aliphatic carbocycles. The van der Waals surface area contributed by atoms with Crippen molar-refractivity contribution in [2.45, 2.75) is 19.5 Å². The van der Waals surface area contributed by atoms with Crippen LogP contribution in [0, 0.1) is 0 Å². The number of rotatable bonds is 5. The molecule has 1 heterocycles. The predicted molar refractivity (Wildman–Crippen MR) is 79.5 cm³/mol. The minimum Gasteiger partial charge on any atom is -0.366 e. The molecule has 2 rings (SSSR count). The summed E-state index contributed by atoms with van der Waals surface area (Å²) in [6.45, 7) is 2.83. The molecule has 100 valence electrons. The highest BCUT2D eigenvalue weighted by Crippen LogP contribution is 2.26. The van der Waals surface area contributed by atoms with Gasteiger partial charge < -0.3 is 11.1 Å². The molecule has 0 bridgehead atoms. The second kappa shape index (κ2) is 6.19. The molecular weight excluding hydrogens is 280 g/mol. The summed E-state index contributed by atoms with van der Waals surface area (Å²) in [5.74, 6) is -0.402. The van der Waals surface area contributed by atoms with Crippen LogP contribution in [0.3, 0.4) is 0 Å². The number of amides is 1. The molecule has 0 fully saturated rings. The van der Waals surface area contributed by atoms with Gasteiger partial charge in [-0.05, 0) is 36.8 Å². The van der Waals surface area contributed by atoms with Crippen LogP contribution in [0.5, 0.6) is 0 Å². The normalized spacial score (nSPS) is 12.3. The van der Waals surface area contributed by atoms with Crippen LogP contribution in [0.1, 0.15) is 33.8 Å². The molecule has 1 atom stereocenters. The van der Waals surface area contributed by atoms with Gasteiger partial charge in [0.2, 0.25) is 5.91 Å². The standard InChI is InChI=1S/C14H15ClN2OS/c1-9(12-6-7-13(15)19-12)17-8-10-2-4-11(5-3-10)14(16)18/h2-7,9,17H,8H2,1H3,(H2,16,18). The summed E-state index contributed by atoms with van der Waals surface area (Å²) in [5, 5.41) is 3.41. The van der Waals surface area contributed by atoms with E-state index in [0.29, 0.717) is 5.56 Å². The number of thiophene rings is 1. The van der Waals surface area contributed by atoms with Crippen molar-refractivity contribution in [3.05, 3.63) is 56.7 Å². The zero-order valence-electron chi connectivity index (χ0n) is 10.5. The maximum absolute atomic E-state index is 11.0. The van der Waals surface area contributed by atoms with Crippen molar-refractivity contribution < 1.29 is 4.79 Å². The van der Waals surface area contributed by atoms with Crippen molar-refractivity contribution in [2.75, 3.05) is 0 Å². The van der Waals surface area contributed by atoms with Gasteiger partial charge in [0.25, 0.3) is 0 Å². The van der Waals surface area contributed by atoms with Gasteiger partial charge in [-0.15, -0.1) is 11.3 Å². The van der Waals surface area contributed by atoms with Gasteiger partial charge in [0, 0.05) is 23.0 Å². The number of benzene rings is 1. The Labute approximate surface area is 121 Å². The molecule has 1 amide bonds. The molecule has 3 nitrogen and oxygen atoms in total. The van der Waals surface area contributed by atoms with Gasteiger partial charge in [-0.1, -0.05) is 23.7 Å². The van der Waals surface area contributed by atoms with E-state index in [1.165, 1.54) is 4.88 Å². The fourth-order valence-electron chi connectivity index (χ4n) is 1.72. The molecule has 0 saturated carbocycles. The van der Waals surface area contributed by atoms with Crippen LogP contribution in [0.15, 0.2) is 36.4 Å². The van der Waals surface area contributed by atoms with E-state index in [-0.39, 0.29) is 6.04 Å². The lowest BCUT2D eigenvalue weighted by Gasteiger charge is -2.12. The van der Waals surface area contributed by atoms with Gasteiger partial charge in [0.1, 0.15) is 0 Å². The van der Waals surface area contributed by atoms with Crippen LogP contribution in [0.4, 0.5) is 0 Å². The topological polar surface area (TPSA) is 55.1 Å². The number of halogens is 1. The van der Waals surface area contributed by atoms with Crippen molar-refractivity contribution in [3.8, 4) is 0 Å². The highest BCUT2D eigenvalue weighted by molar-refractivity contribution is 7.16. The lowest BCUT2D eigenvalue weighted by molar-refractivity contribution is 0.100. The quantitative estimate of drug-likeness (QED) is 0.888. The first-order valence-corrected chi connectivity index (χ1v) is 7.13. The van der Waals surface area contributed by atoms with Crippen molar-refractivity contribution >= 4 is 28.8 Å². The Morgan fingerprint density at radius 3 is 2.53 bits per heavy atom. The number of nitrogens with one attached hydrogen (secondary N) is 1. The molecule has 0 spiro atoms. The summed E-state index contributed by atoms with van der Waals surface area (Å²) in [7, 11) is 0. The Morgan fingerprint density at radius 1 is 1.32 bits per heavy atom. The van der Waals surface area contributed by atoms with Crippen LogP contribution in [-0.2, 0) is 6.54 Å². The maximum atomic E-state index is 11.0.